The average molecular weight is 184 g/mol. The maximum atomic E-state index is 5.00. The van der Waals surface area contributed by atoms with E-state index in [0.717, 1.165) is 5.69 Å². The summed E-state index contributed by atoms with van der Waals surface area (Å²) in [5.41, 5.74) is 1.50. The molecule has 2 aromatic heterocycles. The second-order valence-corrected chi connectivity index (χ2v) is 2.67. The van der Waals surface area contributed by atoms with Crippen molar-refractivity contribution in [3.8, 4) is 23.2 Å². The highest BCUT2D eigenvalue weighted by molar-refractivity contribution is 5.54. The summed E-state index contributed by atoms with van der Waals surface area (Å²) in [6.07, 6.45) is 1.72. The third-order valence-corrected chi connectivity index (χ3v) is 1.69. The van der Waals surface area contributed by atoms with Crippen molar-refractivity contribution in [2.45, 2.75) is 6.92 Å². The summed E-state index contributed by atoms with van der Waals surface area (Å²) in [6, 6.07) is 7.42. The molecule has 0 amide bonds. The Morgan fingerprint density at radius 3 is 2.93 bits per heavy atom. The molecule has 0 aliphatic heterocycles. The van der Waals surface area contributed by atoms with Crippen LogP contribution in [0.25, 0.3) is 11.4 Å². The monoisotopic (exact) mass is 184 g/mol. The lowest BCUT2D eigenvalue weighted by molar-refractivity contribution is 0.413. The van der Waals surface area contributed by atoms with Gasteiger partial charge in [-0.05, 0) is 25.0 Å². The second kappa shape index (κ2) is 3.75. The fraction of sp³-hybridized carbons (Fsp3) is 0.0909. The van der Waals surface area contributed by atoms with E-state index in [1.807, 2.05) is 18.2 Å². The number of rotatable bonds is 1. The Kier molecular flexibility index (Phi) is 2.28. The third kappa shape index (κ3) is 1.64. The zero-order chi connectivity index (χ0) is 9.80. The van der Waals surface area contributed by atoms with Crippen LogP contribution in [-0.4, -0.2) is 10.1 Å². The van der Waals surface area contributed by atoms with Crippen LogP contribution in [0, 0.1) is 11.8 Å². The number of pyridine rings is 1. The van der Waals surface area contributed by atoms with Gasteiger partial charge in [0.1, 0.15) is 5.69 Å². The number of hydrogen-bond acceptors (Lipinski definition) is 3. The summed E-state index contributed by atoms with van der Waals surface area (Å²) in [4.78, 5) is 4.15. The highest BCUT2D eigenvalue weighted by Crippen LogP contribution is 2.15. The molecule has 0 bridgehead atoms. The summed E-state index contributed by atoms with van der Waals surface area (Å²) in [7, 11) is 0. The molecule has 0 aliphatic carbocycles. The first-order valence-electron chi connectivity index (χ1n) is 4.21. The van der Waals surface area contributed by atoms with Crippen LogP contribution in [0.4, 0.5) is 0 Å². The van der Waals surface area contributed by atoms with Crippen LogP contribution < -0.4 is 0 Å². The van der Waals surface area contributed by atoms with Crippen LogP contribution in [0.1, 0.15) is 12.7 Å². The Morgan fingerprint density at radius 2 is 2.21 bits per heavy atom. The minimum Gasteiger partial charge on any atom is -0.347 e. The Bertz CT molecular complexity index is 477. The first-order chi connectivity index (χ1) is 6.90. The van der Waals surface area contributed by atoms with Crippen molar-refractivity contribution >= 4 is 0 Å². The third-order valence-electron chi connectivity index (χ3n) is 1.69. The SMILES string of the molecule is CC#Cc1cc(-c2ccccn2)no1. The lowest BCUT2D eigenvalue weighted by Crippen LogP contribution is -1.79. The van der Waals surface area contributed by atoms with Crippen molar-refractivity contribution < 1.29 is 4.52 Å². The van der Waals surface area contributed by atoms with E-state index in [0.29, 0.717) is 11.5 Å². The van der Waals surface area contributed by atoms with Gasteiger partial charge in [-0.1, -0.05) is 17.1 Å². The van der Waals surface area contributed by atoms with E-state index in [4.69, 9.17) is 4.52 Å². The molecule has 14 heavy (non-hydrogen) atoms. The van der Waals surface area contributed by atoms with Crippen molar-refractivity contribution in [2.24, 2.45) is 0 Å². The molecule has 68 valence electrons. The smallest absolute Gasteiger partial charge is 0.210 e. The van der Waals surface area contributed by atoms with Gasteiger partial charge in [0.25, 0.3) is 0 Å². The summed E-state index contributed by atoms with van der Waals surface area (Å²) < 4.78 is 5.00. The molecular weight excluding hydrogens is 176 g/mol. The molecule has 2 heterocycles. The molecule has 0 atom stereocenters. The molecule has 0 saturated carbocycles. The maximum absolute atomic E-state index is 5.00. The number of hydrogen-bond donors (Lipinski definition) is 0. The van der Waals surface area contributed by atoms with Gasteiger partial charge in [-0.25, -0.2) is 0 Å². The molecule has 0 N–H and O–H groups in total. The molecule has 0 aliphatic rings. The van der Waals surface area contributed by atoms with E-state index in [1.54, 1.807) is 19.2 Å². The molecule has 0 radical (unpaired) electrons. The van der Waals surface area contributed by atoms with Gasteiger partial charge in [0, 0.05) is 12.3 Å². The highest BCUT2D eigenvalue weighted by atomic mass is 16.5. The Hall–Kier alpha value is -2.08. The van der Waals surface area contributed by atoms with Gasteiger partial charge >= 0.3 is 0 Å². The number of aromatic nitrogens is 2. The van der Waals surface area contributed by atoms with Gasteiger partial charge in [-0.3, -0.25) is 4.98 Å². The van der Waals surface area contributed by atoms with E-state index < -0.39 is 0 Å². The standard InChI is InChI=1S/C11H8N2O/c1-2-5-9-8-11(13-14-9)10-6-3-4-7-12-10/h3-4,6-8H,1H3. The van der Waals surface area contributed by atoms with Crippen molar-refractivity contribution in [1.82, 2.24) is 10.1 Å². The minimum atomic E-state index is 0.563. The summed E-state index contributed by atoms with van der Waals surface area (Å²) in [5.74, 6) is 6.10. The summed E-state index contributed by atoms with van der Waals surface area (Å²) in [5, 5.41) is 3.87. The fourth-order valence-corrected chi connectivity index (χ4v) is 1.09. The van der Waals surface area contributed by atoms with Crippen LogP contribution in [0.15, 0.2) is 35.0 Å². The Balaban J connectivity index is 2.37. The molecule has 0 unspecified atom stereocenters. The number of nitrogens with zero attached hydrogens (tertiary/aromatic N) is 2. The van der Waals surface area contributed by atoms with Gasteiger partial charge in [0.2, 0.25) is 5.76 Å². The molecule has 3 nitrogen and oxygen atoms in total. The normalized spacial score (nSPS) is 9.21. The van der Waals surface area contributed by atoms with Crippen molar-refractivity contribution in [3.05, 3.63) is 36.2 Å². The van der Waals surface area contributed by atoms with Crippen LogP contribution in [0.3, 0.4) is 0 Å². The average Bonchev–Trinajstić information content (AvgIpc) is 2.68. The van der Waals surface area contributed by atoms with Gasteiger partial charge in [0.05, 0.1) is 5.69 Å². The lowest BCUT2D eigenvalue weighted by Gasteiger charge is -1.89. The van der Waals surface area contributed by atoms with Gasteiger partial charge in [0.15, 0.2) is 0 Å². The first kappa shape index (κ1) is 8.52. The molecular formula is C11H8N2O. The lowest BCUT2D eigenvalue weighted by atomic mass is 10.2. The Labute approximate surface area is 81.8 Å². The van der Waals surface area contributed by atoms with Crippen LogP contribution >= 0.6 is 0 Å². The minimum absolute atomic E-state index is 0.563. The van der Waals surface area contributed by atoms with Crippen LogP contribution in [-0.2, 0) is 0 Å². The predicted molar refractivity (Wildman–Crippen MR) is 52.3 cm³/mol. The van der Waals surface area contributed by atoms with Crippen LogP contribution in [0.2, 0.25) is 0 Å². The fourth-order valence-electron chi connectivity index (χ4n) is 1.09. The largest absolute Gasteiger partial charge is 0.347 e. The highest BCUT2D eigenvalue weighted by Gasteiger charge is 2.04. The topological polar surface area (TPSA) is 38.9 Å². The molecule has 0 saturated heterocycles. The summed E-state index contributed by atoms with van der Waals surface area (Å²) in [6.45, 7) is 1.75. The molecule has 0 aromatic carbocycles. The first-order valence-corrected chi connectivity index (χ1v) is 4.21. The van der Waals surface area contributed by atoms with Crippen molar-refractivity contribution in [3.63, 3.8) is 0 Å². The second-order valence-electron chi connectivity index (χ2n) is 2.67. The predicted octanol–water partition coefficient (Wildman–Crippen LogP) is 2.11. The van der Waals surface area contributed by atoms with E-state index in [-0.39, 0.29) is 0 Å². The van der Waals surface area contributed by atoms with Gasteiger partial charge < -0.3 is 4.52 Å². The summed E-state index contributed by atoms with van der Waals surface area (Å²) >= 11 is 0. The van der Waals surface area contributed by atoms with E-state index >= 15 is 0 Å². The Morgan fingerprint density at radius 1 is 1.29 bits per heavy atom. The zero-order valence-electron chi connectivity index (χ0n) is 7.69. The molecule has 0 fully saturated rings. The van der Waals surface area contributed by atoms with E-state index in [9.17, 15) is 0 Å². The quantitative estimate of drug-likeness (QED) is 0.637. The van der Waals surface area contributed by atoms with Gasteiger partial charge in [-0.15, -0.1) is 0 Å². The van der Waals surface area contributed by atoms with Crippen LogP contribution in [0.5, 0.6) is 0 Å². The molecule has 3 heteroatoms. The van der Waals surface area contributed by atoms with E-state index in [2.05, 4.69) is 22.0 Å². The molecule has 2 aromatic rings. The van der Waals surface area contributed by atoms with E-state index in [1.165, 1.54) is 0 Å². The van der Waals surface area contributed by atoms with Crippen molar-refractivity contribution in [1.29, 1.82) is 0 Å². The molecule has 2 rings (SSSR count). The maximum Gasteiger partial charge on any atom is 0.210 e. The zero-order valence-corrected chi connectivity index (χ0v) is 7.69. The van der Waals surface area contributed by atoms with Crippen molar-refractivity contribution in [2.75, 3.05) is 0 Å². The van der Waals surface area contributed by atoms with Gasteiger partial charge in [-0.2, -0.15) is 0 Å². The molecule has 0 spiro atoms.